The standard InChI is InChI=1S/C73H127N17O27/c1-51-12-6-4-7-13-54(38-51)116-47-68(101)78-20-24-108-28-32-112-37-35-111-31-27-107-23-18-61(94)90-56(73(105)85-40-63(96)82-44-67(100)89-53(3)72(104)84-42-65(98)87-50-115-46-59(75)92)15-10-11-19-77-55-14-8-5-9-16-57(70(55)76)117-48-69(102)79-21-25-109-29-33-113-36-34-110-30-26-106-22-17-60(93)80-39-62(95)81-43-66(99)88-52(2)71(103)83-41-64(97)86-49-114-45-58(74)91/h38,52-54,56-57,77H,4-37,39-50,76H2,1-3H3,(H2,74,91)(H2,75,92)(H,78,101)(H,79,102)(H,80,93)(H,81,95)(H,82,96)(H,83,103)(H,84,104)(H,85,105)(H,86,97)(H,87,98)(H,88,99)(H,89,100)(H,90,94)/b51-38-,70-55-/t52-,53-,54?,56+,57?/m0/s1. The van der Waals surface area contributed by atoms with Crippen molar-refractivity contribution >= 4 is 88.6 Å². The Balaban J connectivity index is 1.69. The van der Waals surface area contributed by atoms with Gasteiger partial charge in [-0.2, -0.15) is 0 Å². The molecule has 0 saturated carbocycles. The molecule has 0 aliphatic heterocycles. The molecule has 0 aromatic heterocycles. The largest absolute Gasteiger partial charge is 0.399 e. The van der Waals surface area contributed by atoms with Crippen LogP contribution in [0.3, 0.4) is 0 Å². The molecular formula is C73H127N17O27. The number of amides is 15. The van der Waals surface area contributed by atoms with Crippen molar-refractivity contribution in [1.29, 1.82) is 0 Å². The maximum Gasteiger partial charge on any atom is 0.246 e. The van der Waals surface area contributed by atoms with Crippen LogP contribution in [-0.2, 0) is 129 Å². The number of hydrogen-bond donors (Lipinski definition) is 17. The van der Waals surface area contributed by atoms with E-state index in [2.05, 4.69) is 87.4 Å². The number of carbonyl (C=O) groups excluding carboxylic acids is 15. The van der Waals surface area contributed by atoms with E-state index in [1.54, 1.807) is 0 Å². The van der Waals surface area contributed by atoms with Crippen molar-refractivity contribution in [2.75, 3.05) is 205 Å². The topological polar surface area (TPSA) is 613 Å². The lowest BCUT2D eigenvalue weighted by Crippen LogP contribution is -2.51. The first-order valence-electron chi connectivity index (χ1n) is 39.4. The van der Waals surface area contributed by atoms with Crippen molar-refractivity contribution in [2.24, 2.45) is 17.2 Å². The molecule has 44 heteroatoms. The second-order valence-electron chi connectivity index (χ2n) is 26.6. The van der Waals surface area contributed by atoms with Gasteiger partial charge in [-0.3, -0.25) is 71.9 Å². The average Bonchev–Trinajstić information content (AvgIpc) is 0.876. The summed E-state index contributed by atoms with van der Waals surface area (Å²) >= 11 is 0. The van der Waals surface area contributed by atoms with Crippen LogP contribution in [0.5, 0.6) is 0 Å². The molecule has 20 N–H and O–H groups in total. The molecule has 2 aliphatic carbocycles. The number of hydrogen-bond acceptors (Lipinski definition) is 29. The lowest BCUT2D eigenvalue weighted by atomic mass is 9.99. The smallest absolute Gasteiger partial charge is 0.246 e. The summed E-state index contributed by atoms with van der Waals surface area (Å²) in [4.78, 5) is 184. The first-order valence-corrected chi connectivity index (χ1v) is 39.4. The van der Waals surface area contributed by atoms with Crippen LogP contribution in [0.25, 0.3) is 0 Å². The third kappa shape index (κ3) is 59.0. The van der Waals surface area contributed by atoms with Crippen LogP contribution >= 0.6 is 0 Å². The molecule has 5 atom stereocenters. The van der Waals surface area contributed by atoms with Gasteiger partial charge in [0.1, 0.15) is 58.0 Å². The number of primary amides is 2. The number of allylic oxidation sites excluding steroid dienone is 2. The fourth-order valence-electron chi connectivity index (χ4n) is 10.4. The monoisotopic (exact) mass is 1670 g/mol. The Hall–Kier alpha value is -9.35. The van der Waals surface area contributed by atoms with Crippen LogP contribution in [0.15, 0.2) is 23.0 Å². The Labute approximate surface area is 681 Å². The van der Waals surface area contributed by atoms with Crippen LogP contribution in [0.1, 0.15) is 117 Å². The minimum atomic E-state index is -1.12. The summed E-state index contributed by atoms with van der Waals surface area (Å²) in [5.74, 6) is -9.18. The lowest BCUT2D eigenvalue weighted by Gasteiger charge is -2.25. The first kappa shape index (κ1) is 104. The highest BCUT2D eigenvalue weighted by atomic mass is 16.6. The Bertz CT molecular complexity index is 3070. The number of carbonyl (C=O) groups is 15. The Morgan fingerprint density at radius 1 is 0.376 bits per heavy atom. The number of rotatable bonds is 68. The fourth-order valence-corrected chi connectivity index (χ4v) is 10.4. The first-order chi connectivity index (χ1) is 56.3. The minimum absolute atomic E-state index is 0.00473. The number of unbranched alkanes of at least 4 members (excludes halogenated alkanes) is 1. The normalized spacial score (nSPS) is 16.0. The van der Waals surface area contributed by atoms with E-state index in [0.717, 1.165) is 50.6 Å². The minimum Gasteiger partial charge on any atom is -0.399 e. The quantitative estimate of drug-likeness (QED) is 0.0153. The SMILES string of the molecule is C/C1=C/C(OCC(=O)NCCOCCOCCOCCOCCC(=O)N[C@H](CCCCN/C2=C(\N)C(OCC(=O)NCCOCCOCCOCCOCCC(=O)NCC(=O)NCC(=O)N[C@@H](C)C(=O)NCC(=O)NCOCC(N)=O)CCCCC2)C(=O)NCC(=O)NCC(=O)N[C@@H](C)C(=O)NCC(=O)NCOCC(N)=O)CCCCC1. The van der Waals surface area contributed by atoms with Crippen molar-refractivity contribution in [3.8, 4) is 0 Å². The van der Waals surface area contributed by atoms with Gasteiger partial charge in [0.25, 0.3) is 0 Å². The molecule has 2 unspecified atom stereocenters. The maximum atomic E-state index is 13.6. The fraction of sp³-hybridized carbons (Fsp3) is 0.740. The molecule has 15 amide bonds. The van der Waals surface area contributed by atoms with E-state index in [4.69, 9.17) is 74.0 Å². The van der Waals surface area contributed by atoms with E-state index in [0.29, 0.717) is 70.9 Å². The second kappa shape index (κ2) is 67.7. The van der Waals surface area contributed by atoms with Crippen molar-refractivity contribution in [3.05, 3.63) is 23.0 Å². The number of nitrogens with one attached hydrogen (secondary N) is 14. The predicted octanol–water partition coefficient (Wildman–Crippen LogP) is -6.95. The van der Waals surface area contributed by atoms with E-state index >= 15 is 0 Å². The van der Waals surface area contributed by atoms with E-state index in [1.807, 2.05) is 0 Å². The molecule has 0 fully saturated rings. The summed E-state index contributed by atoms with van der Waals surface area (Å²) in [6.45, 7) is 4.88. The van der Waals surface area contributed by atoms with Crippen molar-refractivity contribution in [2.45, 2.75) is 147 Å². The van der Waals surface area contributed by atoms with E-state index < -0.39 is 154 Å². The Morgan fingerprint density at radius 2 is 0.778 bits per heavy atom. The zero-order valence-electron chi connectivity index (χ0n) is 67.7. The van der Waals surface area contributed by atoms with Crippen molar-refractivity contribution in [1.82, 2.24) is 74.4 Å². The van der Waals surface area contributed by atoms with Crippen LogP contribution in [0.2, 0.25) is 0 Å². The number of nitrogens with two attached hydrogens (primary N) is 3. The maximum absolute atomic E-state index is 13.6. The third-order valence-electron chi connectivity index (χ3n) is 16.6. The Morgan fingerprint density at radius 3 is 1.26 bits per heavy atom. The zero-order chi connectivity index (χ0) is 85.9. The molecule has 0 saturated heterocycles. The third-order valence-corrected chi connectivity index (χ3v) is 16.6. The van der Waals surface area contributed by atoms with Crippen LogP contribution < -0.4 is 91.6 Å². The summed E-state index contributed by atoms with van der Waals surface area (Å²) < 4.78 is 65.7. The van der Waals surface area contributed by atoms with Gasteiger partial charge >= 0.3 is 0 Å². The lowest BCUT2D eigenvalue weighted by molar-refractivity contribution is -0.132. The van der Waals surface area contributed by atoms with Gasteiger partial charge in [-0.25, -0.2) is 0 Å². The highest BCUT2D eigenvalue weighted by Crippen LogP contribution is 2.22. The van der Waals surface area contributed by atoms with Crippen LogP contribution in [-0.4, -0.2) is 323 Å². The summed E-state index contributed by atoms with van der Waals surface area (Å²) in [6.07, 6.45) is 11.7. The molecule has 2 rings (SSSR count). The summed E-state index contributed by atoms with van der Waals surface area (Å²) in [5, 5.41) is 35.2. The molecule has 0 heterocycles. The van der Waals surface area contributed by atoms with E-state index in [1.165, 1.54) is 25.8 Å². The molecule has 0 radical (unpaired) electrons. The van der Waals surface area contributed by atoms with Gasteiger partial charge in [0.05, 0.1) is 163 Å². The molecule has 0 bridgehead atoms. The van der Waals surface area contributed by atoms with E-state index in [-0.39, 0.29) is 150 Å². The molecule has 0 aromatic carbocycles. The van der Waals surface area contributed by atoms with Gasteiger partial charge in [-0.15, -0.1) is 0 Å². The highest BCUT2D eigenvalue weighted by molar-refractivity contribution is 5.95. The molecule has 117 heavy (non-hydrogen) atoms. The van der Waals surface area contributed by atoms with Gasteiger partial charge in [-0.1, -0.05) is 37.3 Å². The van der Waals surface area contributed by atoms with Crippen LogP contribution in [0, 0.1) is 0 Å². The van der Waals surface area contributed by atoms with Gasteiger partial charge in [0.15, 0.2) is 0 Å². The molecular weight excluding hydrogens is 1550 g/mol. The Kier molecular flexibility index (Phi) is 60.0. The summed E-state index contributed by atoms with van der Waals surface area (Å²) in [7, 11) is 0. The highest BCUT2D eigenvalue weighted by Gasteiger charge is 2.25. The van der Waals surface area contributed by atoms with Crippen molar-refractivity contribution in [3.63, 3.8) is 0 Å². The molecule has 0 aromatic rings. The predicted molar refractivity (Wildman–Crippen MR) is 416 cm³/mol. The van der Waals surface area contributed by atoms with Gasteiger partial charge < -0.3 is 148 Å². The van der Waals surface area contributed by atoms with Gasteiger partial charge in [-0.05, 0) is 78.6 Å². The van der Waals surface area contributed by atoms with Gasteiger partial charge in [0, 0.05) is 38.2 Å². The summed E-state index contributed by atoms with van der Waals surface area (Å²) in [6, 6.07) is -3.25. The van der Waals surface area contributed by atoms with Crippen LogP contribution in [0.4, 0.5) is 0 Å². The molecule has 666 valence electrons. The van der Waals surface area contributed by atoms with Crippen molar-refractivity contribution < 1.29 is 129 Å². The van der Waals surface area contributed by atoms with E-state index in [9.17, 15) is 71.9 Å². The average molecular weight is 1670 g/mol. The van der Waals surface area contributed by atoms with Gasteiger partial charge in [0.2, 0.25) is 88.6 Å². The zero-order valence-corrected chi connectivity index (χ0v) is 67.7. The summed E-state index contributed by atoms with van der Waals surface area (Å²) in [5.41, 5.74) is 19.1. The molecule has 0 spiro atoms. The number of ether oxygens (including phenoxy) is 12. The second-order valence-corrected chi connectivity index (χ2v) is 26.6. The molecule has 2 aliphatic rings. The molecule has 44 nitrogen and oxygen atoms in total.